The van der Waals surface area contributed by atoms with Gasteiger partial charge in [-0.05, 0) is 31.8 Å². The van der Waals surface area contributed by atoms with Gasteiger partial charge in [-0.2, -0.15) is 0 Å². The van der Waals surface area contributed by atoms with Crippen LogP contribution >= 0.6 is 0 Å². The quantitative estimate of drug-likeness (QED) is 0.592. The largest absolute Gasteiger partial charge is 0.354 e. The first-order valence-corrected chi connectivity index (χ1v) is 5.55. The highest BCUT2D eigenvalue weighted by Gasteiger charge is 2.18. The van der Waals surface area contributed by atoms with Crippen molar-refractivity contribution in [3.05, 3.63) is 0 Å². The highest BCUT2D eigenvalue weighted by atomic mass is 16.7. The van der Waals surface area contributed by atoms with E-state index in [0.717, 1.165) is 6.54 Å². The number of ether oxygens (including phenoxy) is 2. The number of methoxy groups -OCH3 is 2. The van der Waals surface area contributed by atoms with Crippen molar-refractivity contribution >= 4 is 0 Å². The maximum Gasteiger partial charge on any atom is 0.171 e. The van der Waals surface area contributed by atoms with Gasteiger partial charge in [0.2, 0.25) is 0 Å². The second-order valence-corrected chi connectivity index (χ2v) is 4.28. The lowest BCUT2D eigenvalue weighted by Crippen LogP contribution is -2.43. The Bertz CT molecular complexity index is 150. The molecule has 0 aliphatic carbocycles. The minimum Gasteiger partial charge on any atom is -0.354 e. The fraction of sp³-hybridized carbons (Fsp3) is 1.00. The summed E-state index contributed by atoms with van der Waals surface area (Å²) in [5.41, 5.74) is 5.70. The van der Waals surface area contributed by atoms with Crippen molar-refractivity contribution in [3.63, 3.8) is 0 Å². The Kier molecular flexibility index (Phi) is 7.96. The number of nitrogens with two attached hydrogens (primary N) is 1. The first kappa shape index (κ1) is 14.8. The van der Waals surface area contributed by atoms with Crippen molar-refractivity contribution in [3.8, 4) is 0 Å². The molecular weight excluding hydrogens is 192 g/mol. The van der Waals surface area contributed by atoms with Gasteiger partial charge in [0.1, 0.15) is 0 Å². The molecule has 92 valence electrons. The van der Waals surface area contributed by atoms with Crippen LogP contribution in [0.25, 0.3) is 0 Å². The minimum atomic E-state index is -0.199. The van der Waals surface area contributed by atoms with Crippen molar-refractivity contribution in [2.45, 2.75) is 33.1 Å². The van der Waals surface area contributed by atoms with Gasteiger partial charge in [-0.15, -0.1) is 0 Å². The van der Waals surface area contributed by atoms with Gasteiger partial charge < -0.3 is 20.5 Å². The van der Waals surface area contributed by atoms with Gasteiger partial charge in [-0.25, -0.2) is 0 Å². The molecule has 2 atom stereocenters. The number of rotatable bonds is 8. The predicted molar refractivity (Wildman–Crippen MR) is 62.7 cm³/mol. The van der Waals surface area contributed by atoms with E-state index in [2.05, 4.69) is 19.2 Å². The van der Waals surface area contributed by atoms with Crippen molar-refractivity contribution in [1.82, 2.24) is 5.32 Å². The summed E-state index contributed by atoms with van der Waals surface area (Å²) < 4.78 is 10.3. The average Bonchev–Trinajstić information content (AvgIpc) is 2.20. The van der Waals surface area contributed by atoms with Crippen LogP contribution in [0.4, 0.5) is 0 Å². The smallest absolute Gasteiger partial charge is 0.171 e. The maximum atomic E-state index is 5.70. The van der Waals surface area contributed by atoms with Crippen LogP contribution in [0.1, 0.15) is 20.8 Å². The lowest BCUT2D eigenvalue weighted by atomic mass is 9.96. The van der Waals surface area contributed by atoms with E-state index in [-0.39, 0.29) is 12.3 Å². The summed E-state index contributed by atoms with van der Waals surface area (Å²) >= 11 is 0. The maximum absolute atomic E-state index is 5.70. The molecule has 2 unspecified atom stereocenters. The molecule has 0 saturated heterocycles. The van der Waals surface area contributed by atoms with Gasteiger partial charge in [-0.3, -0.25) is 0 Å². The van der Waals surface area contributed by atoms with Crippen LogP contribution in [-0.2, 0) is 9.47 Å². The Labute approximate surface area is 93.5 Å². The minimum absolute atomic E-state index is 0.174. The molecule has 0 aliphatic heterocycles. The summed E-state index contributed by atoms with van der Waals surface area (Å²) in [6.45, 7) is 8.04. The van der Waals surface area contributed by atoms with E-state index < -0.39 is 0 Å². The molecule has 0 heterocycles. The van der Waals surface area contributed by atoms with Crippen LogP contribution in [0.15, 0.2) is 0 Å². The van der Waals surface area contributed by atoms with Crippen LogP contribution < -0.4 is 11.1 Å². The third-order valence-corrected chi connectivity index (χ3v) is 2.82. The molecule has 0 aromatic heterocycles. The summed E-state index contributed by atoms with van der Waals surface area (Å²) in [6.07, 6.45) is -0.199. The van der Waals surface area contributed by atoms with Gasteiger partial charge in [-0.1, -0.05) is 13.8 Å². The molecule has 0 radical (unpaired) electrons. The summed E-state index contributed by atoms with van der Waals surface area (Å²) in [7, 11) is 3.30. The van der Waals surface area contributed by atoms with Crippen LogP contribution in [-0.4, -0.2) is 39.6 Å². The van der Waals surface area contributed by atoms with Crippen molar-refractivity contribution in [1.29, 1.82) is 0 Å². The highest BCUT2D eigenvalue weighted by molar-refractivity contribution is 4.71. The SMILES string of the molecule is COC(OC)C(C)NCC(CN)C(C)C. The third-order valence-electron chi connectivity index (χ3n) is 2.82. The fourth-order valence-electron chi connectivity index (χ4n) is 1.53. The lowest BCUT2D eigenvalue weighted by Gasteiger charge is -2.26. The molecule has 4 nitrogen and oxygen atoms in total. The van der Waals surface area contributed by atoms with E-state index in [4.69, 9.17) is 15.2 Å². The average molecular weight is 218 g/mol. The van der Waals surface area contributed by atoms with Crippen LogP contribution in [0, 0.1) is 11.8 Å². The topological polar surface area (TPSA) is 56.5 Å². The van der Waals surface area contributed by atoms with Crippen molar-refractivity contribution in [2.24, 2.45) is 17.6 Å². The first-order valence-electron chi connectivity index (χ1n) is 5.55. The van der Waals surface area contributed by atoms with Gasteiger partial charge in [0.25, 0.3) is 0 Å². The number of hydrogen-bond donors (Lipinski definition) is 2. The van der Waals surface area contributed by atoms with Gasteiger partial charge in [0.15, 0.2) is 6.29 Å². The Morgan fingerprint density at radius 2 is 1.67 bits per heavy atom. The Morgan fingerprint density at radius 3 is 2.00 bits per heavy atom. The molecule has 0 amide bonds. The number of hydrogen-bond acceptors (Lipinski definition) is 4. The molecule has 3 N–H and O–H groups in total. The lowest BCUT2D eigenvalue weighted by molar-refractivity contribution is -0.119. The van der Waals surface area contributed by atoms with E-state index in [1.165, 1.54) is 0 Å². The summed E-state index contributed by atoms with van der Waals surface area (Å²) in [5.74, 6) is 1.10. The van der Waals surface area contributed by atoms with E-state index in [0.29, 0.717) is 18.4 Å². The molecule has 0 aromatic rings. The summed E-state index contributed by atoms with van der Waals surface area (Å²) in [5, 5.41) is 3.39. The van der Waals surface area contributed by atoms with E-state index >= 15 is 0 Å². The molecule has 0 fully saturated rings. The zero-order chi connectivity index (χ0) is 11.8. The molecule has 0 aliphatic rings. The number of nitrogens with one attached hydrogen (secondary N) is 1. The Balaban J connectivity index is 3.91. The van der Waals surface area contributed by atoms with Crippen LogP contribution in [0.5, 0.6) is 0 Å². The summed E-state index contributed by atoms with van der Waals surface area (Å²) in [4.78, 5) is 0. The Morgan fingerprint density at radius 1 is 1.13 bits per heavy atom. The Hall–Kier alpha value is -0.160. The molecule has 4 heteroatoms. The van der Waals surface area contributed by atoms with E-state index in [9.17, 15) is 0 Å². The van der Waals surface area contributed by atoms with E-state index in [1.54, 1.807) is 14.2 Å². The second kappa shape index (κ2) is 8.05. The normalized spacial score (nSPS) is 16.0. The first-order chi connectivity index (χ1) is 7.06. The third kappa shape index (κ3) is 5.47. The zero-order valence-corrected chi connectivity index (χ0v) is 10.6. The molecule has 0 rings (SSSR count). The predicted octanol–water partition coefficient (Wildman–Crippen LogP) is 0.814. The summed E-state index contributed by atoms with van der Waals surface area (Å²) in [6, 6.07) is 0.174. The second-order valence-electron chi connectivity index (χ2n) is 4.28. The highest BCUT2D eigenvalue weighted by Crippen LogP contribution is 2.08. The fourth-order valence-corrected chi connectivity index (χ4v) is 1.53. The van der Waals surface area contributed by atoms with Crippen LogP contribution in [0.2, 0.25) is 0 Å². The molecule has 0 spiro atoms. The molecule has 15 heavy (non-hydrogen) atoms. The van der Waals surface area contributed by atoms with Crippen molar-refractivity contribution < 1.29 is 9.47 Å². The zero-order valence-electron chi connectivity index (χ0n) is 10.6. The van der Waals surface area contributed by atoms with Gasteiger partial charge in [0, 0.05) is 14.2 Å². The van der Waals surface area contributed by atoms with Gasteiger partial charge in [0.05, 0.1) is 6.04 Å². The molecule has 0 bridgehead atoms. The van der Waals surface area contributed by atoms with Gasteiger partial charge >= 0.3 is 0 Å². The molecule has 0 aromatic carbocycles. The standard InChI is InChI=1S/C11H26N2O2/c1-8(2)10(6-12)7-13-9(3)11(14-4)15-5/h8-11,13H,6-7,12H2,1-5H3. The monoisotopic (exact) mass is 218 g/mol. The van der Waals surface area contributed by atoms with Crippen molar-refractivity contribution in [2.75, 3.05) is 27.3 Å². The molecular formula is C11H26N2O2. The van der Waals surface area contributed by atoms with E-state index in [1.807, 2.05) is 6.92 Å². The van der Waals surface area contributed by atoms with Crippen LogP contribution in [0.3, 0.4) is 0 Å². The molecule has 0 saturated carbocycles.